The number of amides is 1. The maximum Gasteiger partial charge on any atom is 0.227 e. The predicted molar refractivity (Wildman–Crippen MR) is 98.1 cm³/mol. The van der Waals surface area contributed by atoms with Crippen molar-refractivity contribution in [1.82, 2.24) is 14.9 Å². The Kier molecular flexibility index (Phi) is 3.78. The fraction of sp³-hybridized carbons (Fsp3) is 0.158. The number of hydrogen-bond acceptors (Lipinski definition) is 3. The van der Waals surface area contributed by atoms with Gasteiger partial charge in [-0.2, -0.15) is 0 Å². The summed E-state index contributed by atoms with van der Waals surface area (Å²) in [7, 11) is 1.84. The summed E-state index contributed by atoms with van der Waals surface area (Å²) in [6.45, 7) is 0.542. The van der Waals surface area contributed by atoms with Gasteiger partial charge in [-0.1, -0.05) is 30.3 Å². The Balaban J connectivity index is 1.49. The number of carbonyl (C=O) groups excluding carboxylic acids is 1. The van der Waals surface area contributed by atoms with Crippen LogP contribution in [0.4, 0.5) is 0 Å². The summed E-state index contributed by atoms with van der Waals surface area (Å²) in [5.41, 5.74) is 3.09. The molecule has 120 valence electrons. The molecule has 0 aliphatic rings. The molecule has 5 heteroatoms. The number of benzene rings is 2. The van der Waals surface area contributed by atoms with Crippen molar-refractivity contribution in [3.05, 3.63) is 65.3 Å². The fourth-order valence-corrected chi connectivity index (χ4v) is 3.88. The van der Waals surface area contributed by atoms with E-state index in [2.05, 4.69) is 16.0 Å². The quantitative estimate of drug-likeness (QED) is 0.613. The monoisotopic (exact) mass is 335 g/mol. The lowest BCUT2D eigenvalue weighted by Crippen LogP contribution is -2.27. The van der Waals surface area contributed by atoms with Gasteiger partial charge in [0, 0.05) is 24.1 Å². The Morgan fingerprint density at radius 2 is 1.96 bits per heavy atom. The standard InChI is InChI=1S/C19H17N3OS/c1-22(12-18-21-16-8-4-5-9-17(16)24-18)19(23)10-13-11-20-15-7-3-2-6-14(13)15/h2-9,11,20H,10,12H2,1H3. The Hall–Kier alpha value is -2.66. The number of likely N-dealkylation sites (N-methyl/N-ethyl adjacent to an activating group) is 1. The van der Waals surface area contributed by atoms with Gasteiger partial charge < -0.3 is 9.88 Å². The van der Waals surface area contributed by atoms with E-state index in [9.17, 15) is 4.79 Å². The molecule has 0 bridgehead atoms. The molecule has 1 N–H and O–H groups in total. The second kappa shape index (κ2) is 6.09. The van der Waals surface area contributed by atoms with E-state index in [0.717, 1.165) is 31.7 Å². The minimum atomic E-state index is 0.0963. The molecule has 0 radical (unpaired) electrons. The summed E-state index contributed by atoms with van der Waals surface area (Å²) in [6.07, 6.45) is 2.32. The molecular formula is C19H17N3OS. The van der Waals surface area contributed by atoms with Crippen molar-refractivity contribution in [1.29, 1.82) is 0 Å². The number of para-hydroxylation sites is 2. The molecule has 0 unspecified atom stereocenters. The molecule has 24 heavy (non-hydrogen) atoms. The third kappa shape index (κ3) is 2.78. The zero-order valence-electron chi connectivity index (χ0n) is 13.3. The van der Waals surface area contributed by atoms with Crippen molar-refractivity contribution in [2.75, 3.05) is 7.05 Å². The van der Waals surface area contributed by atoms with Gasteiger partial charge in [-0.05, 0) is 23.8 Å². The SMILES string of the molecule is CN(Cc1nc2ccccc2s1)C(=O)Cc1c[nH]c2ccccc12. The zero-order chi connectivity index (χ0) is 16.5. The van der Waals surface area contributed by atoms with E-state index >= 15 is 0 Å². The Morgan fingerprint density at radius 3 is 2.83 bits per heavy atom. The first-order valence-electron chi connectivity index (χ1n) is 7.84. The smallest absolute Gasteiger partial charge is 0.227 e. The van der Waals surface area contributed by atoms with Gasteiger partial charge in [0.2, 0.25) is 5.91 Å². The van der Waals surface area contributed by atoms with Crippen molar-refractivity contribution in [3.63, 3.8) is 0 Å². The minimum absolute atomic E-state index is 0.0963. The maximum atomic E-state index is 12.6. The molecule has 2 aromatic carbocycles. The molecular weight excluding hydrogens is 318 g/mol. The third-order valence-electron chi connectivity index (χ3n) is 4.15. The number of hydrogen-bond donors (Lipinski definition) is 1. The second-order valence-electron chi connectivity index (χ2n) is 5.86. The van der Waals surface area contributed by atoms with Crippen molar-refractivity contribution < 1.29 is 4.79 Å². The van der Waals surface area contributed by atoms with Crippen LogP contribution in [-0.4, -0.2) is 27.8 Å². The number of rotatable bonds is 4. The molecule has 4 aromatic rings. The summed E-state index contributed by atoms with van der Waals surface area (Å²) in [5.74, 6) is 0.0963. The van der Waals surface area contributed by atoms with Crippen molar-refractivity contribution in [2.45, 2.75) is 13.0 Å². The van der Waals surface area contributed by atoms with E-state index in [4.69, 9.17) is 0 Å². The number of nitrogens with one attached hydrogen (secondary N) is 1. The van der Waals surface area contributed by atoms with Gasteiger partial charge in [-0.25, -0.2) is 4.98 Å². The lowest BCUT2D eigenvalue weighted by atomic mass is 10.1. The highest BCUT2D eigenvalue weighted by atomic mass is 32.1. The Morgan fingerprint density at radius 1 is 1.17 bits per heavy atom. The van der Waals surface area contributed by atoms with Gasteiger partial charge in [-0.3, -0.25) is 4.79 Å². The Labute approximate surface area is 143 Å². The van der Waals surface area contributed by atoms with E-state index in [1.165, 1.54) is 0 Å². The summed E-state index contributed by atoms with van der Waals surface area (Å²) in [4.78, 5) is 22.1. The molecule has 0 saturated heterocycles. The zero-order valence-corrected chi connectivity index (χ0v) is 14.1. The van der Waals surface area contributed by atoms with Crippen molar-refractivity contribution >= 4 is 38.4 Å². The summed E-state index contributed by atoms with van der Waals surface area (Å²) >= 11 is 1.64. The van der Waals surface area contributed by atoms with Crippen LogP contribution >= 0.6 is 11.3 Å². The first kappa shape index (κ1) is 14.9. The van der Waals surface area contributed by atoms with Crippen LogP contribution in [-0.2, 0) is 17.8 Å². The number of fused-ring (bicyclic) bond motifs is 2. The van der Waals surface area contributed by atoms with E-state index in [0.29, 0.717) is 13.0 Å². The largest absolute Gasteiger partial charge is 0.361 e. The molecule has 0 aliphatic heterocycles. The second-order valence-corrected chi connectivity index (χ2v) is 6.98. The molecule has 0 spiro atoms. The first-order valence-corrected chi connectivity index (χ1v) is 8.66. The van der Waals surface area contributed by atoms with E-state index in [1.807, 2.05) is 55.7 Å². The molecule has 4 nitrogen and oxygen atoms in total. The minimum Gasteiger partial charge on any atom is -0.361 e. The van der Waals surface area contributed by atoms with Crippen LogP contribution in [0.3, 0.4) is 0 Å². The van der Waals surface area contributed by atoms with Gasteiger partial charge in [0.25, 0.3) is 0 Å². The van der Waals surface area contributed by atoms with Gasteiger partial charge in [-0.15, -0.1) is 11.3 Å². The highest BCUT2D eigenvalue weighted by Gasteiger charge is 2.14. The number of aromatic amines is 1. The van der Waals surface area contributed by atoms with Crippen LogP contribution < -0.4 is 0 Å². The number of aromatic nitrogens is 2. The van der Waals surface area contributed by atoms with Gasteiger partial charge in [0.1, 0.15) is 5.01 Å². The third-order valence-corrected chi connectivity index (χ3v) is 5.17. The topological polar surface area (TPSA) is 49.0 Å². The average molecular weight is 335 g/mol. The van der Waals surface area contributed by atoms with Crippen LogP contribution in [0.25, 0.3) is 21.1 Å². The number of H-pyrrole nitrogens is 1. The summed E-state index contributed by atoms with van der Waals surface area (Å²) in [5, 5.41) is 2.07. The molecule has 2 aromatic heterocycles. The van der Waals surface area contributed by atoms with Gasteiger partial charge in [0.15, 0.2) is 0 Å². The summed E-state index contributed by atoms with van der Waals surface area (Å²) < 4.78 is 1.16. The first-order chi connectivity index (χ1) is 11.7. The number of carbonyl (C=O) groups is 1. The maximum absolute atomic E-state index is 12.6. The average Bonchev–Trinajstić information content (AvgIpc) is 3.18. The van der Waals surface area contributed by atoms with E-state index < -0.39 is 0 Å². The number of thiazole rings is 1. The van der Waals surface area contributed by atoms with Crippen LogP contribution in [0.1, 0.15) is 10.6 Å². The molecule has 0 atom stereocenters. The van der Waals surface area contributed by atoms with Crippen LogP contribution in [0.2, 0.25) is 0 Å². The highest BCUT2D eigenvalue weighted by Crippen LogP contribution is 2.23. The van der Waals surface area contributed by atoms with E-state index in [1.54, 1.807) is 16.2 Å². The van der Waals surface area contributed by atoms with Crippen molar-refractivity contribution in [3.8, 4) is 0 Å². The lowest BCUT2D eigenvalue weighted by molar-refractivity contribution is -0.129. The molecule has 0 aliphatic carbocycles. The molecule has 4 rings (SSSR count). The van der Waals surface area contributed by atoms with Gasteiger partial charge in [0.05, 0.1) is 23.2 Å². The molecule has 1 amide bonds. The van der Waals surface area contributed by atoms with Crippen LogP contribution in [0.15, 0.2) is 54.7 Å². The highest BCUT2D eigenvalue weighted by molar-refractivity contribution is 7.18. The van der Waals surface area contributed by atoms with Crippen LogP contribution in [0.5, 0.6) is 0 Å². The molecule has 2 heterocycles. The van der Waals surface area contributed by atoms with Gasteiger partial charge >= 0.3 is 0 Å². The normalized spacial score (nSPS) is 11.2. The summed E-state index contributed by atoms with van der Waals surface area (Å²) in [6, 6.07) is 16.1. The predicted octanol–water partition coefficient (Wildman–Crippen LogP) is 3.98. The fourth-order valence-electron chi connectivity index (χ4n) is 2.85. The van der Waals surface area contributed by atoms with Crippen LogP contribution in [0, 0.1) is 0 Å². The Bertz CT molecular complexity index is 984. The number of nitrogens with zero attached hydrogens (tertiary/aromatic N) is 2. The molecule has 0 fully saturated rings. The van der Waals surface area contributed by atoms with E-state index in [-0.39, 0.29) is 5.91 Å². The lowest BCUT2D eigenvalue weighted by Gasteiger charge is -2.15. The van der Waals surface area contributed by atoms with Crippen molar-refractivity contribution in [2.24, 2.45) is 0 Å². The molecule has 0 saturated carbocycles.